The fourth-order valence-corrected chi connectivity index (χ4v) is 1.19. The number of hydrogen-bond donors (Lipinski definition) is 0. The Morgan fingerprint density at radius 3 is 1.35 bits per heavy atom. The number of alkyl halides is 11. The highest BCUT2D eigenvalue weighted by atomic mass is 19.4. The van der Waals surface area contributed by atoms with Crippen LogP contribution in [0.5, 0.6) is 0 Å². The van der Waals surface area contributed by atoms with Crippen molar-refractivity contribution < 1.29 is 53.0 Å². The van der Waals surface area contributed by atoms with Crippen LogP contribution in [0.1, 0.15) is 0 Å². The second kappa shape index (κ2) is 3.89. The monoisotopic (exact) mass is 325 g/mol. The van der Waals surface area contributed by atoms with E-state index >= 15 is 0 Å². The Morgan fingerprint density at radius 2 is 1.10 bits per heavy atom. The fraction of sp³-hybridized carbons (Fsp3) is 0.714. The fourth-order valence-electron chi connectivity index (χ4n) is 1.19. The average molecular weight is 325 g/mol. The van der Waals surface area contributed by atoms with Crippen molar-refractivity contribution >= 4 is 0 Å². The summed E-state index contributed by atoms with van der Waals surface area (Å²) in [5.74, 6) is 0. The topological polar surface area (TPSA) is 12.5 Å². The Labute approximate surface area is 102 Å². The molecule has 0 aromatic carbocycles. The Kier molecular flexibility index (Phi) is 3.26. The molecule has 1 rings (SSSR count). The molecule has 20 heavy (non-hydrogen) atoms. The van der Waals surface area contributed by atoms with Crippen molar-refractivity contribution in [3.05, 3.63) is 12.3 Å². The molecule has 0 aromatic rings. The van der Waals surface area contributed by atoms with E-state index in [9.17, 15) is 48.3 Å². The Bertz CT molecular complexity index is 399. The molecule has 0 atom stereocenters. The van der Waals surface area contributed by atoms with E-state index in [1.54, 1.807) is 6.58 Å². The molecule has 0 aromatic heterocycles. The summed E-state index contributed by atoms with van der Waals surface area (Å²) in [7, 11) is 0. The third-order valence-corrected chi connectivity index (χ3v) is 2.12. The van der Waals surface area contributed by atoms with E-state index in [0.29, 0.717) is 0 Å². The summed E-state index contributed by atoms with van der Waals surface area (Å²) in [6.07, 6.45) is -18.7. The molecule has 0 spiro atoms. The molecule has 0 unspecified atom stereocenters. The van der Waals surface area contributed by atoms with Gasteiger partial charge in [-0.05, 0) is 0 Å². The number of allylic oxidation sites excluding steroid dienone is 1. The van der Waals surface area contributed by atoms with Gasteiger partial charge in [-0.25, -0.2) is 9.64 Å². The van der Waals surface area contributed by atoms with Crippen molar-refractivity contribution in [2.45, 2.75) is 30.5 Å². The molecule has 2 nitrogen and oxygen atoms in total. The lowest BCUT2D eigenvalue weighted by atomic mass is 10.2. The molecule has 0 bridgehead atoms. The molecule has 1 saturated heterocycles. The van der Waals surface area contributed by atoms with Crippen LogP contribution in [0.15, 0.2) is 12.3 Å². The summed E-state index contributed by atoms with van der Waals surface area (Å²) in [6.45, 7) is 1.69. The smallest absolute Gasteiger partial charge is 0.242 e. The Morgan fingerprint density at radius 1 is 0.800 bits per heavy atom. The molecule has 13 heteroatoms. The predicted octanol–water partition coefficient (Wildman–Crippen LogP) is 3.77. The quantitative estimate of drug-likeness (QED) is 0.538. The largest absolute Gasteiger partial charge is 0.445 e. The summed E-state index contributed by atoms with van der Waals surface area (Å²) in [5.41, 5.74) is -3.28. The van der Waals surface area contributed by atoms with E-state index in [1.165, 1.54) is 0 Å². The third kappa shape index (κ3) is 2.07. The normalized spacial score (nSPS) is 27.2. The number of halogens is 11. The molecular weight excluding hydrogens is 323 g/mol. The van der Waals surface area contributed by atoms with E-state index < -0.39 is 41.1 Å². The average Bonchev–Trinajstić information content (AvgIpc) is 2.11. The summed E-state index contributed by atoms with van der Waals surface area (Å²) in [6, 6.07) is -12.8. The summed E-state index contributed by atoms with van der Waals surface area (Å²) in [4.78, 5) is -2.79. The van der Waals surface area contributed by atoms with Gasteiger partial charge in [-0.2, -0.15) is 48.3 Å². The van der Waals surface area contributed by atoms with Crippen molar-refractivity contribution in [1.82, 2.24) is 4.90 Å². The van der Waals surface area contributed by atoms with Gasteiger partial charge in [0.1, 0.15) is 5.70 Å². The highest BCUT2D eigenvalue weighted by molar-refractivity contribution is 5.11. The first-order valence-corrected chi connectivity index (χ1v) is 4.26. The van der Waals surface area contributed by atoms with E-state index in [4.69, 9.17) is 0 Å². The third-order valence-electron chi connectivity index (χ3n) is 2.12. The molecule has 1 aliphatic heterocycles. The first-order chi connectivity index (χ1) is 8.48. The van der Waals surface area contributed by atoms with Crippen molar-refractivity contribution in [3.63, 3.8) is 0 Å². The van der Waals surface area contributed by atoms with Crippen LogP contribution in [0, 0.1) is 0 Å². The summed E-state index contributed by atoms with van der Waals surface area (Å²) >= 11 is 0. The summed E-state index contributed by atoms with van der Waals surface area (Å²) < 4.78 is 140. The van der Waals surface area contributed by atoms with Crippen LogP contribution in [-0.4, -0.2) is 35.4 Å². The van der Waals surface area contributed by atoms with Crippen LogP contribution in [0.4, 0.5) is 48.3 Å². The Balaban J connectivity index is 3.52. The molecule has 0 N–H and O–H groups in total. The SMILES string of the molecule is C=C(N1C(F)(F)C(F)(F)OC(F)(F)C1(F)F)C(F)(F)F. The molecule has 1 heterocycles. The molecule has 0 aliphatic carbocycles. The van der Waals surface area contributed by atoms with E-state index in [0.717, 1.165) is 0 Å². The van der Waals surface area contributed by atoms with Gasteiger partial charge in [-0.15, -0.1) is 0 Å². The van der Waals surface area contributed by atoms with Gasteiger partial charge in [-0.1, -0.05) is 6.58 Å². The molecule has 1 fully saturated rings. The first-order valence-electron chi connectivity index (χ1n) is 4.26. The minimum absolute atomic E-state index is 1.69. The zero-order valence-corrected chi connectivity index (χ0v) is 8.72. The van der Waals surface area contributed by atoms with Gasteiger partial charge in [0.15, 0.2) is 0 Å². The molecule has 118 valence electrons. The van der Waals surface area contributed by atoms with Gasteiger partial charge < -0.3 is 0 Å². The van der Waals surface area contributed by atoms with Crippen LogP contribution in [-0.2, 0) is 4.74 Å². The molecule has 0 radical (unpaired) electrons. The zero-order valence-electron chi connectivity index (χ0n) is 8.72. The van der Waals surface area contributed by atoms with E-state index in [2.05, 4.69) is 0 Å². The second-order valence-electron chi connectivity index (χ2n) is 3.50. The van der Waals surface area contributed by atoms with Gasteiger partial charge in [0.2, 0.25) is 0 Å². The van der Waals surface area contributed by atoms with Gasteiger partial charge >= 0.3 is 30.5 Å². The van der Waals surface area contributed by atoms with Gasteiger partial charge in [0, 0.05) is 0 Å². The first kappa shape index (κ1) is 16.8. The van der Waals surface area contributed by atoms with Crippen LogP contribution >= 0.6 is 0 Å². The standard InChI is InChI=1S/C7H2F11NO/c1-2(3(8,9)10)19-4(11,12)6(15,16)20-7(17,18)5(19,13)14/h1H2. The number of nitrogens with zero attached hydrogens (tertiary/aromatic N) is 1. The molecule has 1 aliphatic rings. The highest BCUT2D eigenvalue weighted by Crippen LogP contribution is 2.58. The number of ether oxygens (including phenoxy) is 1. The van der Waals surface area contributed by atoms with Gasteiger partial charge in [-0.3, -0.25) is 0 Å². The van der Waals surface area contributed by atoms with E-state index in [1.807, 2.05) is 4.74 Å². The van der Waals surface area contributed by atoms with Crippen molar-refractivity contribution in [1.29, 1.82) is 0 Å². The van der Waals surface area contributed by atoms with Crippen LogP contribution in [0.2, 0.25) is 0 Å². The van der Waals surface area contributed by atoms with Gasteiger partial charge in [0.25, 0.3) is 0 Å². The van der Waals surface area contributed by atoms with E-state index in [-0.39, 0.29) is 0 Å². The molecular formula is C7H2F11NO. The lowest BCUT2D eigenvalue weighted by Crippen LogP contribution is -2.74. The van der Waals surface area contributed by atoms with Crippen molar-refractivity contribution in [3.8, 4) is 0 Å². The maximum absolute atomic E-state index is 12.9. The second-order valence-corrected chi connectivity index (χ2v) is 3.50. The van der Waals surface area contributed by atoms with Gasteiger partial charge in [0.05, 0.1) is 0 Å². The number of rotatable bonds is 1. The van der Waals surface area contributed by atoms with Crippen LogP contribution in [0.25, 0.3) is 0 Å². The molecule has 0 saturated carbocycles. The lowest BCUT2D eigenvalue weighted by Gasteiger charge is -2.48. The predicted molar refractivity (Wildman–Crippen MR) is 37.9 cm³/mol. The maximum Gasteiger partial charge on any atom is 0.445 e. The minimum atomic E-state index is -6.41. The lowest BCUT2D eigenvalue weighted by molar-refractivity contribution is -0.559. The summed E-state index contributed by atoms with van der Waals surface area (Å²) in [5, 5.41) is 0. The zero-order chi connectivity index (χ0) is 16.4. The Hall–Kier alpha value is -1.27. The van der Waals surface area contributed by atoms with Crippen LogP contribution in [0.3, 0.4) is 0 Å². The maximum atomic E-state index is 12.9. The molecule has 0 amide bonds. The minimum Gasteiger partial charge on any atom is -0.242 e. The van der Waals surface area contributed by atoms with Crippen molar-refractivity contribution in [2.24, 2.45) is 0 Å². The number of hydrogen-bond acceptors (Lipinski definition) is 2. The van der Waals surface area contributed by atoms with Crippen LogP contribution < -0.4 is 0 Å². The highest BCUT2D eigenvalue weighted by Gasteiger charge is 2.84. The van der Waals surface area contributed by atoms with Crippen molar-refractivity contribution in [2.75, 3.05) is 0 Å². The number of morpholine rings is 1.